The van der Waals surface area contributed by atoms with E-state index in [0.29, 0.717) is 43.4 Å². The van der Waals surface area contributed by atoms with Crippen molar-refractivity contribution >= 4 is 33.4 Å². The summed E-state index contributed by atoms with van der Waals surface area (Å²) in [5.41, 5.74) is 0.713. The van der Waals surface area contributed by atoms with E-state index in [9.17, 15) is 4.79 Å². The van der Waals surface area contributed by atoms with Crippen molar-refractivity contribution in [3.05, 3.63) is 22.2 Å². The summed E-state index contributed by atoms with van der Waals surface area (Å²) in [6, 6.07) is 3.62. The van der Waals surface area contributed by atoms with Gasteiger partial charge in [-0.1, -0.05) is 0 Å². The van der Waals surface area contributed by atoms with Gasteiger partial charge in [-0.15, -0.1) is 11.6 Å². The smallest absolute Gasteiger partial charge is 0.245 e. The molecule has 1 unspecified atom stereocenters. The molecule has 0 radical (unpaired) electrons. The minimum absolute atomic E-state index is 0.0944. The summed E-state index contributed by atoms with van der Waals surface area (Å²) >= 11 is 9.82. The van der Waals surface area contributed by atoms with Crippen LogP contribution in [0.5, 0.6) is 11.5 Å². The topological polar surface area (TPSA) is 38.8 Å². The molecule has 2 rings (SSSR count). The summed E-state index contributed by atoms with van der Waals surface area (Å²) in [7, 11) is 0. The van der Waals surface area contributed by atoms with E-state index in [4.69, 9.17) is 21.1 Å². The van der Waals surface area contributed by atoms with Gasteiger partial charge >= 0.3 is 0 Å². The van der Waals surface area contributed by atoms with Crippen LogP contribution in [0.2, 0.25) is 0 Å². The van der Waals surface area contributed by atoms with E-state index in [1.807, 2.05) is 19.9 Å². The Labute approximate surface area is 138 Å². The summed E-state index contributed by atoms with van der Waals surface area (Å²) in [4.78, 5) is 14.1. The van der Waals surface area contributed by atoms with Gasteiger partial charge in [0.2, 0.25) is 5.91 Å². The Morgan fingerprint density at radius 3 is 2.67 bits per heavy atom. The Kier molecular flexibility index (Phi) is 5.76. The first-order valence-electron chi connectivity index (χ1n) is 7.10. The van der Waals surface area contributed by atoms with Crippen LogP contribution >= 0.6 is 27.5 Å². The number of ether oxygens (including phenoxy) is 2. The van der Waals surface area contributed by atoms with Crippen molar-refractivity contribution in [3.8, 4) is 11.5 Å². The number of amides is 1. The van der Waals surface area contributed by atoms with Crippen LogP contribution in [0, 0.1) is 0 Å². The number of alkyl halides is 1. The molecule has 4 nitrogen and oxygen atoms in total. The van der Waals surface area contributed by atoms with Crippen LogP contribution in [-0.4, -0.2) is 37.1 Å². The van der Waals surface area contributed by atoms with E-state index in [0.717, 1.165) is 10.9 Å². The summed E-state index contributed by atoms with van der Waals surface area (Å²) in [5, 5.41) is -0.724. The predicted octanol–water partition coefficient (Wildman–Crippen LogP) is 3.76. The summed E-state index contributed by atoms with van der Waals surface area (Å²) in [6.07, 6.45) is 0.832. The zero-order valence-electron chi connectivity index (χ0n) is 12.2. The van der Waals surface area contributed by atoms with Crippen molar-refractivity contribution in [2.75, 3.05) is 26.3 Å². The van der Waals surface area contributed by atoms with E-state index >= 15 is 0 Å². The van der Waals surface area contributed by atoms with Crippen LogP contribution in [0.25, 0.3) is 0 Å². The molecule has 0 fully saturated rings. The van der Waals surface area contributed by atoms with Gasteiger partial charge in [-0.25, -0.2) is 0 Å². The second-order valence-corrected chi connectivity index (χ2v) is 6.04. The van der Waals surface area contributed by atoms with Gasteiger partial charge in [0.1, 0.15) is 5.38 Å². The van der Waals surface area contributed by atoms with E-state index < -0.39 is 5.38 Å². The van der Waals surface area contributed by atoms with Gasteiger partial charge in [-0.2, -0.15) is 0 Å². The molecule has 1 amide bonds. The van der Waals surface area contributed by atoms with E-state index in [1.165, 1.54) is 0 Å². The van der Waals surface area contributed by atoms with Crippen molar-refractivity contribution in [2.24, 2.45) is 0 Å². The average molecular weight is 377 g/mol. The lowest BCUT2D eigenvalue weighted by Gasteiger charge is -2.22. The maximum atomic E-state index is 12.4. The normalized spacial score (nSPS) is 15.2. The first-order chi connectivity index (χ1) is 10.1. The molecule has 116 valence electrons. The number of nitrogens with zero attached hydrogens (tertiary/aromatic N) is 1. The third-order valence-electron chi connectivity index (χ3n) is 3.41. The molecule has 1 aliphatic rings. The number of fused-ring (bicyclic) bond motifs is 1. The standard InChI is InChI=1S/C15H19BrClNO3/c1-3-18(4-2)15(19)13(17)10-8-11(16)14-12(9-10)20-6-5-7-21-14/h8-9,13H,3-7H2,1-2H3. The van der Waals surface area contributed by atoms with Gasteiger partial charge in [0.25, 0.3) is 0 Å². The number of rotatable bonds is 4. The van der Waals surface area contributed by atoms with Gasteiger partial charge in [-0.05, 0) is 47.5 Å². The first kappa shape index (κ1) is 16.4. The number of carbonyl (C=O) groups is 1. The number of hydrogen-bond donors (Lipinski definition) is 0. The third-order valence-corrected chi connectivity index (χ3v) is 4.44. The van der Waals surface area contributed by atoms with Crippen LogP contribution in [0.3, 0.4) is 0 Å². The molecule has 0 spiro atoms. The minimum atomic E-state index is -0.724. The van der Waals surface area contributed by atoms with Crippen LogP contribution in [0.1, 0.15) is 31.2 Å². The molecule has 1 heterocycles. The van der Waals surface area contributed by atoms with Crippen LogP contribution in [0.4, 0.5) is 0 Å². The zero-order chi connectivity index (χ0) is 15.4. The molecule has 0 bridgehead atoms. The molecule has 21 heavy (non-hydrogen) atoms. The Morgan fingerprint density at radius 2 is 2.00 bits per heavy atom. The Bertz CT molecular complexity index is 520. The van der Waals surface area contributed by atoms with E-state index in [-0.39, 0.29) is 5.91 Å². The Hall–Kier alpha value is -0.940. The van der Waals surface area contributed by atoms with E-state index in [2.05, 4.69) is 15.9 Å². The zero-order valence-corrected chi connectivity index (χ0v) is 14.5. The molecule has 6 heteroatoms. The number of carbonyl (C=O) groups excluding carboxylic acids is 1. The maximum Gasteiger partial charge on any atom is 0.245 e. The van der Waals surface area contributed by atoms with Crippen LogP contribution in [0.15, 0.2) is 16.6 Å². The molecule has 0 aliphatic carbocycles. The summed E-state index contributed by atoms with van der Waals surface area (Å²) in [5.74, 6) is 1.22. The Balaban J connectivity index is 2.30. The molecule has 0 saturated carbocycles. The largest absolute Gasteiger partial charge is 0.490 e. The summed E-state index contributed by atoms with van der Waals surface area (Å²) < 4.78 is 12.1. The molecule has 1 aromatic rings. The van der Waals surface area contributed by atoms with Crippen LogP contribution in [-0.2, 0) is 4.79 Å². The first-order valence-corrected chi connectivity index (χ1v) is 8.33. The average Bonchev–Trinajstić information content (AvgIpc) is 2.73. The van der Waals surface area contributed by atoms with Gasteiger partial charge in [0.15, 0.2) is 11.5 Å². The maximum absolute atomic E-state index is 12.4. The van der Waals surface area contributed by atoms with Crippen molar-refractivity contribution < 1.29 is 14.3 Å². The molecular formula is C15H19BrClNO3. The third kappa shape index (κ3) is 3.64. The van der Waals surface area contributed by atoms with Crippen molar-refractivity contribution in [1.29, 1.82) is 0 Å². The highest BCUT2D eigenvalue weighted by Crippen LogP contribution is 2.40. The van der Waals surface area contributed by atoms with Crippen molar-refractivity contribution in [3.63, 3.8) is 0 Å². The summed E-state index contributed by atoms with van der Waals surface area (Å²) in [6.45, 7) is 6.38. The van der Waals surface area contributed by atoms with Gasteiger partial charge in [0.05, 0.1) is 17.7 Å². The SMILES string of the molecule is CCN(CC)C(=O)C(Cl)c1cc(Br)c2c(c1)OCCCO2. The lowest BCUT2D eigenvalue weighted by atomic mass is 10.1. The molecule has 0 saturated heterocycles. The van der Waals surface area contributed by atoms with Crippen molar-refractivity contribution in [2.45, 2.75) is 25.6 Å². The highest BCUT2D eigenvalue weighted by molar-refractivity contribution is 9.10. The minimum Gasteiger partial charge on any atom is -0.490 e. The number of halogens is 2. The molecule has 0 aromatic heterocycles. The lowest BCUT2D eigenvalue weighted by Crippen LogP contribution is -2.33. The molecule has 1 aromatic carbocycles. The predicted molar refractivity (Wildman–Crippen MR) is 86.3 cm³/mol. The fraction of sp³-hybridized carbons (Fsp3) is 0.533. The Morgan fingerprint density at radius 1 is 1.33 bits per heavy atom. The quantitative estimate of drug-likeness (QED) is 0.751. The van der Waals surface area contributed by atoms with Gasteiger partial charge in [-0.3, -0.25) is 4.79 Å². The monoisotopic (exact) mass is 375 g/mol. The molecule has 1 atom stereocenters. The van der Waals surface area contributed by atoms with Crippen LogP contribution < -0.4 is 9.47 Å². The number of benzene rings is 1. The second kappa shape index (κ2) is 7.36. The second-order valence-electron chi connectivity index (χ2n) is 4.75. The molecule has 0 N–H and O–H groups in total. The highest BCUT2D eigenvalue weighted by Gasteiger charge is 2.25. The fourth-order valence-corrected chi connectivity index (χ4v) is 3.07. The fourth-order valence-electron chi connectivity index (χ4n) is 2.24. The molecule has 1 aliphatic heterocycles. The highest BCUT2D eigenvalue weighted by atomic mass is 79.9. The van der Waals surface area contributed by atoms with Gasteiger partial charge in [0, 0.05) is 19.5 Å². The van der Waals surface area contributed by atoms with E-state index in [1.54, 1.807) is 11.0 Å². The number of likely N-dealkylation sites (N-methyl/N-ethyl adjacent to an activating group) is 1. The van der Waals surface area contributed by atoms with Crippen molar-refractivity contribution in [1.82, 2.24) is 4.90 Å². The van der Waals surface area contributed by atoms with Gasteiger partial charge < -0.3 is 14.4 Å². The molecular weight excluding hydrogens is 358 g/mol. The number of hydrogen-bond acceptors (Lipinski definition) is 3. The lowest BCUT2D eigenvalue weighted by molar-refractivity contribution is -0.130.